The molecule has 2 rings (SSSR count). The summed E-state index contributed by atoms with van der Waals surface area (Å²) in [7, 11) is 1.32. The van der Waals surface area contributed by atoms with E-state index in [0.717, 1.165) is 22.6 Å². The highest BCUT2D eigenvalue weighted by Gasteiger charge is 2.46. The quantitative estimate of drug-likeness (QED) is 0.451. The molecule has 0 atom stereocenters. The van der Waals surface area contributed by atoms with Gasteiger partial charge in [-0.1, -0.05) is 0 Å². The summed E-state index contributed by atoms with van der Waals surface area (Å²) in [6.07, 6.45) is 1.48. The molecule has 2 saturated heterocycles. The highest BCUT2D eigenvalue weighted by atomic mass is 32.1. The number of carbonyl (C=O) groups excluding carboxylic acids is 3. The Balaban J connectivity index is 2.15. The zero-order valence-corrected chi connectivity index (χ0v) is 11.1. The van der Waals surface area contributed by atoms with E-state index in [1.165, 1.54) is 7.05 Å². The first kappa shape index (κ1) is 13.4. The first-order valence-electron chi connectivity index (χ1n) is 5.83. The van der Waals surface area contributed by atoms with Crippen LogP contribution < -0.4 is 0 Å². The summed E-state index contributed by atoms with van der Waals surface area (Å²) in [6, 6.07) is -0.544. The normalized spacial score (nSPS) is 24.0. The minimum Gasteiger partial charge on any atom is -0.381 e. The molecule has 0 aromatic rings. The molecule has 18 heavy (non-hydrogen) atoms. The molecule has 6 nitrogen and oxygen atoms in total. The Morgan fingerprint density at radius 1 is 1.22 bits per heavy atom. The van der Waals surface area contributed by atoms with Gasteiger partial charge in [-0.2, -0.15) is 12.6 Å². The van der Waals surface area contributed by atoms with Crippen molar-refractivity contribution in [3.05, 3.63) is 0 Å². The first-order chi connectivity index (χ1) is 8.51. The lowest BCUT2D eigenvalue weighted by molar-refractivity contribution is -0.143. The fraction of sp³-hybridized carbons (Fsp3) is 0.727. The number of nitrogens with zero attached hydrogens (tertiary/aromatic N) is 2. The van der Waals surface area contributed by atoms with Crippen LogP contribution in [0.2, 0.25) is 0 Å². The van der Waals surface area contributed by atoms with E-state index in [0.29, 0.717) is 19.0 Å². The molecule has 0 radical (unpaired) electrons. The second kappa shape index (κ2) is 4.89. The lowest BCUT2D eigenvalue weighted by atomic mass is 9.81. The molecule has 2 fully saturated rings. The van der Waals surface area contributed by atoms with Crippen LogP contribution in [0.3, 0.4) is 0 Å². The van der Waals surface area contributed by atoms with Crippen LogP contribution in [0.15, 0.2) is 0 Å². The molecular weight excluding hydrogens is 256 g/mol. The Kier molecular flexibility index (Phi) is 3.63. The summed E-state index contributed by atoms with van der Waals surface area (Å²) >= 11 is 4.32. The monoisotopic (exact) mass is 272 g/mol. The molecule has 2 heterocycles. The molecule has 0 bridgehead atoms. The van der Waals surface area contributed by atoms with Crippen LogP contribution in [0.5, 0.6) is 0 Å². The number of rotatable bonds is 3. The predicted molar refractivity (Wildman–Crippen MR) is 66.2 cm³/mol. The third-order valence-corrected chi connectivity index (χ3v) is 4.30. The van der Waals surface area contributed by atoms with Crippen molar-refractivity contribution in [1.82, 2.24) is 9.80 Å². The van der Waals surface area contributed by atoms with E-state index >= 15 is 0 Å². The predicted octanol–water partition coefficient (Wildman–Crippen LogP) is 0.134. The maximum absolute atomic E-state index is 11.8. The van der Waals surface area contributed by atoms with E-state index in [4.69, 9.17) is 4.74 Å². The van der Waals surface area contributed by atoms with Gasteiger partial charge in [0.15, 0.2) is 0 Å². The minimum absolute atomic E-state index is 0.238. The van der Waals surface area contributed by atoms with E-state index < -0.39 is 17.8 Å². The van der Waals surface area contributed by atoms with E-state index in [1.807, 2.05) is 0 Å². The third-order valence-electron chi connectivity index (χ3n) is 3.63. The summed E-state index contributed by atoms with van der Waals surface area (Å²) < 4.78 is 5.29. The molecule has 0 saturated carbocycles. The van der Waals surface area contributed by atoms with Crippen LogP contribution >= 0.6 is 12.6 Å². The van der Waals surface area contributed by atoms with E-state index in [9.17, 15) is 14.4 Å². The number of ether oxygens (including phenoxy) is 1. The number of likely N-dealkylation sites (N-methyl/N-ethyl adjacent to an activating group) is 1. The van der Waals surface area contributed by atoms with Gasteiger partial charge in [-0.05, 0) is 18.6 Å². The van der Waals surface area contributed by atoms with Crippen LogP contribution in [-0.2, 0) is 14.3 Å². The fourth-order valence-corrected chi connectivity index (χ4v) is 2.68. The first-order valence-corrected chi connectivity index (χ1v) is 6.46. The molecular formula is C11H16N2O4S. The summed E-state index contributed by atoms with van der Waals surface area (Å²) in [6.45, 7) is 1.44. The maximum Gasteiger partial charge on any atom is 0.333 e. The SMILES string of the molecule is CN1C(=O)C(=O)N(CC2(CS)CCOCC2)C1=O. The Labute approximate surface area is 111 Å². The molecule has 7 heteroatoms. The average molecular weight is 272 g/mol. The van der Waals surface area contributed by atoms with Gasteiger partial charge < -0.3 is 4.74 Å². The average Bonchev–Trinajstić information content (AvgIpc) is 2.58. The van der Waals surface area contributed by atoms with Gasteiger partial charge in [0.25, 0.3) is 0 Å². The molecule has 0 aliphatic carbocycles. The fourth-order valence-electron chi connectivity index (χ4n) is 2.26. The Hall–Kier alpha value is -1.08. The van der Waals surface area contributed by atoms with Crippen LogP contribution in [0.25, 0.3) is 0 Å². The molecule has 0 spiro atoms. The van der Waals surface area contributed by atoms with Gasteiger partial charge in [-0.25, -0.2) is 4.79 Å². The van der Waals surface area contributed by atoms with Crippen molar-refractivity contribution in [2.24, 2.45) is 5.41 Å². The van der Waals surface area contributed by atoms with Crippen LogP contribution in [0, 0.1) is 5.41 Å². The highest BCUT2D eigenvalue weighted by molar-refractivity contribution is 7.80. The van der Waals surface area contributed by atoms with Gasteiger partial charge >= 0.3 is 17.8 Å². The number of urea groups is 1. The number of hydrogen-bond acceptors (Lipinski definition) is 5. The van der Waals surface area contributed by atoms with Crippen LogP contribution in [0.4, 0.5) is 4.79 Å². The number of thiol groups is 1. The molecule has 0 aromatic heterocycles. The second-order valence-corrected chi connectivity index (χ2v) is 5.12. The lowest BCUT2D eigenvalue weighted by Gasteiger charge is -2.37. The number of imide groups is 2. The van der Waals surface area contributed by atoms with Gasteiger partial charge in [0.2, 0.25) is 0 Å². The van der Waals surface area contributed by atoms with E-state index in [1.54, 1.807) is 0 Å². The van der Waals surface area contributed by atoms with Crippen molar-refractivity contribution in [2.75, 3.05) is 32.6 Å². The third kappa shape index (κ3) is 2.12. The zero-order chi connectivity index (χ0) is 13.3. The van der Waals surface area contributed by atoms with Crippen LogP contribution in [-0.4, -0.2) is 60.2 Å². The Morgan fingerprint density at radius 2 is 1.83 bits per heavy atom. The van der Waals surface area contributed by atoms with Gasteiger partial charge in [0, 0.05) is 32.2 Å². The van der Waals surface area contributed by atoms with E-state index in [2.05, 4.69) is 12.6 Å². The largest absolute Gasteiger partial charge is 0.381 e. The minimum atomic E-state index is -0.763. The van der Waals surface area contributed by atoms with Crippen LogP contribution in [0.1, 0.15) is 12.8 Å². The van der Waals surface area contributed by atoms with Crippen molar-refractivity contribution >= 4 is 30.5 Å². The molecule has 100 valence electrons. The number of amides is 4. The summed E-state index contributed by atoms with van der Waals surface area (Å²) in [5, 5.41) is 0. The second-order valence-electron chi connectivity index (χ2n) is 4.81. The smallest absolute Gasteiger partial charge is 0.333 e. The van der Waals surface area contributed by atoms with Gasteiger partial charge in [0.1, 0.15) is 0 Å². The summed E-state index contributed by atoms with van der Waals surface area (Å²) in [5.41, 5.74) is -0.238. The molecule has 0 N–H and O–H groups in total. The van der Waals surface area contributed by atoms with E-state index in [-0.39, 0.29) is 12.0 Å². The molecule has 2 aliphatic rings. The van der Waals surface area contributed by atoms with Gasteiger partial charge in [-0.15, -0.1) is 0 Å². The van der Waals surface area contributed by atoms with Crippen molar-refractivity contribution in [2.45, 2.75) is 12.8 Å². The molecule has 0 aromatic carbocycles. The number of carbonyl (C=O) groups is 3. The summed E-state index contributed by atoms with van der Waals surface area (Å²) in [4.78, 5) is 36.8. The van der Waals surface area contributed by atoms with Crippen molar-refractivity contribution < 1.29 is 19.1 Å². The van der Waals surface area contributed by atoms with Crippen molar-refractivity contribution in [3.8, 4) is 0 Å². The highest BCUT2D eigenvalue weighted by Crippen LogP contribution is 2.33. The van der Waals surface area contributed by atoms with Gasteiger partial charge in [-0.3, -0.25) is 19.4 Å². The van der Waals surface area contributed by atoms with Crippen molar-refractivity contribution in [1.29, 1.82) is 0 Å². The number of hydrogen-bond donors (Lipinski definition) is 1. The molecule has 2 aliphatic heterocycles. The standard InChI is InChI=1S/C11H16N2O4S/c1-12-8(14)9(15)13(10(12)16)6-11(7-18)2-4-17-5-3-11/h18H,2-7H2,1H3. The van der Waals surface area contributed by atoms with Crippen molar-refractivity contribution in [3.63, 3.8) is 0 Å². The summed E-state index contributed by atoms with van der Waals surface area (Å²) in [5.74, 6) is -0.942. The van der Waals surface area contributed by atoms with Gasteiger partial charge in [0.05, 0.1) is 0 Å². The lowest BCUT2D eigenvalue weighted by Crippen LogP contribution is -2.45. The zero-order valence-electron chi connectivity index (χ0n) is 10.2. The maximum atomic E-state index is 11.8. The Morgan fingerprint density at radius 3 is 2.28 bits per heavy atom. The molecule has 0 unspecified atom stereocenters. The topological polar surface area (TPSA) is 66.9 Å². The molecule has 4 amide bonds. The Bertz CT molecular complexity index is 393.